The van der Waals surface area contributed by atoms with Crippen LogP contribution in [0.1, 0.15) is 29.2 Å². The van der Waals surface area contributed by atoms with Crippen molar-refractivity contribution in [3.8, 4) is 0 Å². The van der Waals surface area contributed by atoms with Crippen molar-refractivity contribution in [3.05, 3.63) is 54.1 Å². The van der Waals surface area contributed by atoms with E-state index in [0.29, 0.717) is 22.4 Å². The van der Waals surface area contributed by atoms with Crippen molar-refractivity contribution in [3.63, 3.8) is 0 Å². The Bertz CT molecular complexity index is 784. The van der Waals surface area contributed by atoms with Crippen molar-refractivity contribution in [1.29, 1.82) is 0 Å². The lowest BCUT2D eigenvalue weighted by Gasteiger charge is -2.16. The van der Waals surface area contributed by atoms with Crippen LogP contribution in [0.5, 0.6) is 0 Å². The van der Waals surface area contributed by atoms with Gasteiger partial charge in [-0.2, -0.15) is 0 Å². The molecule has 6 heteroatoms. The molecule has 0 bridgehead atoms. The maximum atomic E-state index is 11.4. The lowest BCUT2D eigenvalue weighted by molar-refractivity contribution is 0.0690. The maximum Gasteiger partial charge on any atom is 0.358 e. The Morgan fingerprint density at radius 1 is 1.24 bits per heavy atom. The Kier molecular flexibility index (Phi) is 3.27. The summed E-state index contributed by atoms with van der Waals surface area (Å²) in [6.45, 7) is 1.89. The van der Waals surface area contributed by atoms with Crippen LogP contribution in [0, 0.1) is 0 Å². The van der Waals surface area contributed by atoms with E-state index in [1.54, 1.807) is 18.4 Å². The smallest absolute Gasteiger partial charge is 0.358 e. The summed E-state index contributed by atoms with van der Waals surface area (Å²) >= 11 is 0. The fourth-order valence-corrected chi connectivity index (χ4v) is 2.17. The maximum absolute atomic E-state index is 11.4. The van der Waals surface area contributed by atoms with E-state index < -0.39 is 5.97 Å². The first-order valence-corrected chi connectivity index (χ1v) is 6.45. The van der Waals surface area contributed by atoms with E-state index in [-0.39, 0.29) is 11.7 Å². The van der Waals surface area contributed by atoms with Gasteiger partial charge >= 0.3 is 5.97 Å². The highest BCUT2D eigenvalue weighted by Gasteiger charge is 2.19. The van der Waals surface area contributed by atoms with Crippen LogP contribution >= 0.6 is 0 Å². The third-order valence-electron chi connectivity index (χ3n) is 3.20. The number of fused-ring (bicyclic) bond motifs is 1. The van der Waals surface area contributed by atoms with Crippen LogP contribution in [0.4, 0.5) is 5.69 Å². The summed E-state index contributed by atoms with van der Waals surface area (Å²) in [4.78, 5) is 11.4. The van der Waals surface area contributed by atoms with Gasteiger partial charge < -0.3 is 14.8 Å². The molecule has 0 aliphatic heterocycles. The van der Waals surface area contributed by atoms with Gasteiger partial charge in [0.25, 0.3) is 0 Å². The van der Waals surface area contributed by atoms with E-state index in [1.807, 2.05) is 31.2 Å². The molecule has 1 aromatic carbocycles. The first kappa shape index (κ1) is 13.1. The van der Waals surface area contributed by atoms with Crippen molar-refractivity contribution < 1.29 is 14.3 Å². The number of nitrogens with one attached hydrogen (secondary N) is 1. The fourth-order valence-electron chi connectivity index (χ4n) is 2.17. The quantitative estimate of drug-likeness (QED) is 0.765. The van der Waals surface area contributed by atoms with Gasteiger partial charge in [-0.1, -0.05) is 18.2 Å². The zero-order chi connectivity index (χ0) is 14.8. The van der Waals surface area contributed by atoms with E-state index in [0.717, 1.165) is 0 Å². The number of aromatic carboxylic acids is 1. The topological polar surface area (TPSA) is 88.2 Å². The van der Waals surface area contributed by atoms with Crippen LogP contribution in [-0.2, 0) is 0 Å². The molecule has 21 heavy (non-hydrogen) atoms. The van der Waals surface area contributed by atoms with Gasteiger partial charge in [0.05, 0.1) is 23.5 Å². The zero-order valence-corrected chi connectivity index (χ0v) is 11.3. The molecular weight excluding hydrogens is 270 g/mol. The minimum Gasteiger partial charge on any atom is -0.476 e. The molecule has 106 valence electrons. The first-order chi connectivity index (χ1) is 10.2. The van der Waals surface area contributed by atoms with Crippen LogP contribution in [0.25, 0.3) is 10.9 Å². The molecule has 2 aromatic heterocycles. The van der Waals surface area contributed by atoms with Crippen molar-refractivity contribution in [2.75, 3.05) is 5.32 Å². The minimum atomic E-state index is -1.12. The molecule has 0 fully saturated rings. The van der Waals surface area contributed by atoms with Gasteiger partial charge in [0.2, 0.25) is 0 Å². The van der Waals surface area contributed by atoms with Gasteiger partial charge in [0.15, 0.2) is 5.69 Å². The summed E-state index contributed by atoms with van der Waals surface area (Å²) < 4.78 is 5.33. The van der Waals surface area contributed by atoms with Gasteiger partial charge in [0, 0.05) is 5.39 Å². The van der Waals surface area contributed by atoms with Crippen LogP contribution in [0.3, 0.4) is 0 Å². The number of nitrogens with zero attached hydrogens (tertiary/aromatic N) is 2. The van der Waals surface area contributed by atoms with Crippen molar-refractivity contribution in [2.45, 2.75) is 13.0 Å². The Labute approximate surface area is 120 Å². The van der Waals surface area contributed by atoms with E-state index >= 15 is 0 Å². The molecule has 6 nitrogen and oxygen atoms in total. The van der Waals surface area contributed by atoms with E-state index in [9.17, 15) is 9.90 Å². The number of benzene rings is 1. The minimum absolute atomic E-state index is 0.105. The summed E-state index contributed by atoms with van der Waals surface area (Å²) in [6.07, 6.45) is 1.58. The molecule has 3 rings (SSSR count). The van der Waals surface area contributed by atoms with Crippen LogP contribution in [0.2, 0.25) is 0 Å². The van der Waals surface area contributed by atoms with Crippen molar-refractivity contribution in [1.82, 2.24) is 10.2 Å². The molecule has 1 atom stereocenters. The number of carboxylic acids is 1. The SMILES string of the molecule is CC(Nc1c(C(=O)O)nnc2ccccc12)c1ccco1. The van der Waals surface area contributed by atoms with Crippen LogP contribution in [0.15, 0.2) is 47.1 Å². The monoisotopic (exact) mass is 283 g/mol. The number of aromatic nitrogens is 2. The largest absolute Gasteiger partial charge is 0.476 e. The number of carbonyl (C=O) groups is 1. The number of rotatable bonds is 4. The lowest BCUT2D eigenvalue weighted by atomic mass is 10.1. The highest BCUT2D eigenvalue weighted by atomic mass is 16.4. The van der Waals surface area contributed by atoms with Gasteiger partial charge in [-0.25, -0.2) is 4.79 Å². The molecule has 2 heterocycles. The lowest BCUT2D eigenvalue weighted by Crippen LogP contribution is -2.13. The second kappa shape index (κ2) is 5.24. The fraction of sp³-hybridized carbons (Fsp3) is 0.133. The second-order valence-corrected chi connectivity index (χ2v) is 4.63. The van der Waals surface area contributed by atoms with Gasteiger partial charge in [0.1, 0.15) is 5.76 Å². The standard InChI is InChI=1S/C15H13N3O3/c1-9(12-7-4-8-21-12)16-13-10-5-2-3-6-11(10)17-18-14(13)15(19)20/h2-9H,1H3,(H,16,17)(H,19,20). The van der Waals surface area contributed by atoms with Gasteiger partial charge in [-0.15, -0.1) is 10.2 Å². The highest BCUT2D eigenvalue weighted by Crippen LogP contribution is 2.28. The van der Waals surface area contributed by atoms with Crippen LogP contribution in [-0.4, -0.2) is 21.3 Å². The Hall–Kier alpha value is -2.89. The summed E-state index contributed by atoms with van der Waals surface area (Å²) in [6, 6.07) is 10.7. The first-order valence-electron chi connectivity index (χ1n) is 6.45. The molecule has 3 aromatic rings. The van der Waals surface area contributed by atoms with E-state index in [4.69, 9.17) is 4.42 Å². The number of hydrogen-bond acceptors (Lipinski definition) is 5. The average Bonchev–Trinajstić information content (AvgIpc) is 3.01. The molecule has 0 saturated carbocycles. The summed E-state index contributed by atoms with van der Waals surface area (Å²) in [5.41, 5.74) is 0.973. The molecule has 0 aliphatic rings. The second-order valence-electron chi connectivity index (χ2n) is 4.63. The molecule has 0 aliphatic carbocycles. The molecule has 0 radical (unpaired) electrons. The number of anilines is 1. The average molecular weight is 283 g/mol. The molecule has 2 N–H and O–H groups in total. The molecular formula is C15H13N3O3. The van der Waals surface area contributed by atoms with Crippen LogP contribution < -0.4 is 5.32 Å². The molecule has 0 spiro atoms. The van der Waals surface area contributed by atoms with Crippen molar-refractivity contribution in [2.24, 2.45) is 0 Å². The predicted molar refractivity (Wildman–Crippen MR) is 77.2 cm³/mol. The predicted octanol–water partition coefficient (Wildman–Crippen LogP) is 3.09. The number of furan rings is 1. The zero-order valence-electron chi connectivity index (χ0n) is 11.3. The molecule has 1 unspecified atom stereocenters. The highest BCUT2D eigenvalue weighted by molar-refractivity contribution is 6.02. The van der Waals surface area contributed by atoms with Crippen molar-refractivity contribution >= 4 is 22.6 Å². The molecule has 0 amide bonds. The molecule has 0 saturated heterocycles. The van der Waals surface area contributed by atoms with E-state index in [1.165, 1.54) is 0 Å². The summed E-state index contributed by atoms with van der Waals surface area (Å²) in [7, 11) is 0. The van der Waals surface area contributed by atoms with E-state index in [2.05, 4.69) is 15.5 Å². The Morgan fingerprint density at radius 2 is 2.05 bits per heavy atom. The summed E-state index contributed by atoms with van der Waals surface area (Å²) in [5.74, 6) is -0.408. The van der Waals surface area contributed by atoms with Gasteiger partial charge in [-0.05, 0) is 25.1 Å². The third kappa shape index (κ3) is 2.43. The van der Waals surface area contributed by atoms with Gasteiger partial charge in [-0.3, -0.25) is 0 Å². The number of hydrogen-bond donors (Lipinski definition) is 2. The summed E-state index contributed by atoms with van der Waals surface area (Å²) in [5, 5.41) is 20.9. The normalized spacial score (nSPS) is 12.2. The number of carboxylic acid groups (broad SMARTS) is 1. The Morgan fingerprint density at radius 3 is 2.76 bits per heavy atom. The third-order valence-corrected chi connectivity index (χ3v) is 3.20. The Balaban J connectivity index is 2.10.